The number of piperidine rings is 1. The number of carbonyl (C=O) groups excluding carboxylic acids is 1. The molecule has 29 heavy (non-hydrogen) atoms. The van der Waals surface area contributed by atoms with Gasteiger partial charge in [0.05, 0.1) is 16.8 Å². The van der Waals surface area contributed by atoms with E-state index in [2.05, 4.69) is 17.3 Å². The Morgan fingerprint density at radius 3 is 2.38 bits per heavy atom. The zero-order chi connectivity index (χ0) is 20.1. The van der Waals surface area contributed by atoms with Crippen molar-refractivity contribution in [3.63, 3.8) is 0 Å². The van der Waals surface area contributed by atoms with Crippen LogP contribution >= 0.6 is 0 Å². The summed E-state index contributed by atoms with van der Waals surface area (Å²) in [5.74, 6) is -0.526. The van der Waals surface area contributed by atoms with Crippen LogP contribution in [-0.2, 0) is 7.05 Å². The summed E-state index contributed by atoms with van der Waals surface area (Å²) in [7, 11) is 4.09. The number of aromatic nitrogens is 1. The molecule has 2 fully saturated rings. The molecule has 1 amide bonds. The molecule has 1 aromatic heterocycles. The lowest BCUT2D eigenvalue weighted by molar-refractivity contribution is 0.0884. The molecule has 4 nitrogen and oxygen atoms in total. The summed E-state index contributed by atoms with van der Waals surface area (Å²) < 4.78 is 16.8. The minimum Gasteiger partial charge on any atom is -0.349 e. The number of benzene rings is 2. The molecule has 0 saturated carbocycles. The smallest absolute Gasteiger partial charge is 0.254 e. The molecule has 0 spiro atoms. The zero-order valence-corrected chi connectivity index (χ0v) is 16.9. The fourth-order valence-corrected chi connectivity index (χ4v) is 5.39. The Kier molecular flexibility index (Phi) is 4.43. The Morgan fingerprint density at radius 1 is 1.00 bits per heavy atom. The quantitative estimate of drug-likeness (QED) is 0.721. The molecule has 1 N–H and O–H groups in total. The average Bonchev–Trinajstić information content (AvgIpc) is 3.11. The third-order valence-electron chi connectivity index (χ3n) is 6.88. The number of nitrogens with zero attached hydrogens (tertiary/aromatic N) is 2. The number of aryl methyl sites for hydroxylation is 1. The fraction of sp³-hybridized carbons (Fsp3) is 0.375. The summed E-state index contributed by atoms with van der Waals surface area (Å²) in [6.45, 7) is 0. The predicted molar refractivity (Wildman–Crippen MR) is 113 cm³/mol. The summed E-state index contributed by atoms with van der Waals surface area (Å²) >= 11 is 0. The van der Waals surface area contributed by atoms with Crippen molar-refractivity contribution in [2.45, 2.75) is 43.8 Å². The predicted octanol–water partition coefficient (Wildman–Crippen LogP) is 4.34. The minimum absolute atomic E-state index is 0.141. The molecule has 3 aromatic rings. The van der Waals surface area contributed by atoms with E-state index in [9.17, 15) is 9.18 Å². The van der Waals surface area contributed by atoms with E-state index in [1.807, 2.05) is 48.0 Å². The molecular weight excluding hydrogens is 365 g/mol. The van der Waals surface area contributed by atoms with Gasteiger partial charge in [0.15, 0.2) is 0 Å². The number of fused-ring (bicyclic) bond motifs is 3. The van der Waals surface area contributed by atoms with Gasteiger partial charge in [-0.1, -0.05) is 36.4 Å². The maximum absolute atomic E-state index is 14.9. The molecule has 5 heteroatoms. The topological polar surface area (TPSA) is 37.3 Å². The van der Waals surface area contributed by atoms with Gasteiger partial charge in [-0.05, 0) is 50.4 Å². The van der Waals surface area contributed by atoms with Crippen molar-refractivity contribution in [3.05, 3.63) is 59.9 Å². The van der Waals surface area contributed by atoms with E-state index in [1.54, 1.807) is 6.07 Å². The standard InChI is InChI=1S/C24H26FN3O/c1-27-17-11-12-18(27)14-16(13-17)26-24(29)22-21-19(25)9-6-10-20(21)28(2)23(22)15-7-4-3-5-8-15/h3-10,16-18H,11-14H2,1-2H3,(H,26,29)/t16?,17-,18+. The number of nitrogens with one attached hydrogen (secondary N) is 1. The summed E-state index contributed by atoms with van der Waals surface area (Å²) in [5, 5.41) is 3.66. The zero-order valence-electron chi connectivity index (χ0n) is 16.9. The first-order valence-corrected chi connectivity index (χ1v) is 10.4. The molecule has 2 aromatic carbocycles. The minimum atomic E-state index is -0.353. The second-order valence-corrected chi connectivity index (χ2v) is 8.47. The van der Waals surface area contributed by atoms with Crippen molar-refractivity contribution in [1.82, 2.24) is 14.8 Å². The van der Waals surface area contributed by atoms with Gasteiger partial charge in [0, 0.05) is 30.6 Å². The van der Waals surface area contributed by atoms with E-state index < -0.39 is 0 Å². The number of hydrogen-bond donors (Lipinski definition) is 1. The van der Waals surface area contributed by atoms with Gasteiger partial charge in [-0.3, -0.25) is 4.79 Å². The number of hydrogen-bond acceptors (Lipinski definition) is 2. The van der Waals surface area contributed by atoms with E-state index in [4.69, 9.17) is 0 Å². The van der Waals surface area contributed by atoms with Crippen LogP contribution in [-0.4, -0.2) is 40.5 Å². The second kappa shape index (κ2) is 6.99. The highest BCUT2D eigenvalue weighted by molar-refractivity contribution is 6.13. The Hall–Kier alpha value is -2.66. The Bertz CT molecular complexity index is 1060. The fourth-order valence-electron chi connectivity index (χ4n) is 5.39. The van der Waals surface area contributed by atoms with E-state index >= 15 is 0 Å². The first kappa shape index (κ1) is 18.4. The largest absolute Gasteiger partial charge is 0.349 e. The molecule has 150 valence electrons. The summed E-state index contributed by atoms with van der Waals surface area (Å²) in [5.41, 5.74) is 2.86. The third-order valence-corrected chi connectivity index (χ3v) is 6.88. The average molecular weight is 391 g/mol. The molecule has 2 saturated heterocycles. The number of carbonyl (C=O) groups is 1. The Labute approximate surface area is 170 Å². The Morgan fingerprint density at radius 2 is 1.69 bits per heavy atom. The molecule has 3 heterocycles. The lowest BCUT2D eigenvalue weighted by Crippen LogP contribution is -2.48. The van der Waals surface area contributed by atoms with Crippen LogP contribution in [0.3, 0.4) is 0 Å². The van der Waals surface area contributed by atoms with E-state index in [-0.39, 0.29) is 17.8 Å². The molecule has 3 atom stereocenters. The highest BCUT2D eigenvalue weighted by atomic mass is 19.1. The number of rotatable bonds is 3. The molecule has 2 aliphatic heterocycles. The highest BCUT2D eigenvalue weighted by Crippen LogP contribution is 2.37. The van der Waals surface area contributed by atoms with Crippen molar-refractivity contribution < 1.29 is 9.18 Å². The third kappa shape index (κ3) is 2.96. The molecule has 2 aliphatic rings. The molecule has 0 radical (unpaired) electrons. The van der Waals surface area contributed by atoms with Crippen molar-refractivity contribution in [3.8, 4) is 11.3 Å². The van der Waals surface area contributed by atoms with Crippen LogP contribution in [0.1, 0.15) is 36.0 Å². The SMILES string of the molecule is CN1[C@@H]2CC[C@H]1CC(NC(=O)c1c(-c3ccccc3)n(C)c3cccc(F)c13)C2. The normalized spacial score (nSPS) is 24.2. The number of halogens is 1. The maximum Gasteiger partial charge on any atom is 0.254 e. The van der Waals surface area contributed by atoms with E-state index in [0.717, 1.165) is 29.6 Å². The van der Waals surface area contributed by atoms with Gasteiger partial charge in [0.1, 0.15) is 5.82 Å². The lowest BCUT2D eigenvalue weighted by Gasteiger charge is -2.36. The first-order valence-electron chi connectivity index (χ1n) is 10.4. The van der Waals surface area contributed by atoms with Crippen molar-refractivity contribution >= 4 is 16.8 Å². The van der Waals surface area contributed by atoms with E-state index in [0.29, 0.717) is 23.0 Å². The summed E-state index contributed by atoms with van der Waals surface area (Å²) in [4.78, 5) is 16.0. The highest BCUT2D eigenvalue weighted by Gasteiger charge is 2.39. The van der Waals surface area contributed by atoms with Crippen LogP contribution in [0.2, 0.25) is 0 Å². The van der Waals surface area contributed by atoms with Crippen LogP contribution in [0, 0.1) is 5.82 Å². The molecule has 0 aliphatic carbocycles. The molecule has 2 bridgehead atoms. The van der Waals surface area contributed by atoms with Crippen LogP contribution in [0.5, 0.6) is 0 Å². The van der Waals surface area contributed by atoms with Crippen LogP contribution in [0.15, 0.2) is 48.5 Å². The van der Waals surface area contributed by atoms with Crippen LogP contribution < -0.4 is 5.32 Å². The first-order chi connectivity index (χ1) is 14.0. The van der Waals surface area contributed by atoms with Crippen LogP contribution in [0.4, 0.5) is 4.39 Å². The summed E-state index contributed by atoms with van der Waals surface area (Å²) in [6.07, 6.45) is 4.33. The van der Waals surface area contributed by atoms with Gasteiger partial charge in [-0.15, -0.1) is 0 Å². The molecular formula is C24H26FN3O. The monoisotopic (exact) mass is 391 g/mol. The van der Waals surface area contributed by atoms with Gasteiger partial charge in [0.2, 0.25) is 0 Å². The Balaban J connectivity index is 1.58. The van der Waals surface area contributed by atoms with Gasteiger partial charge < -0.3 is 14.8 Å². The maximum atomic E-state index is 14.9. The molecule has 1 unspecified atom stereocenters. The van der Waals surface area contributed by atoms with Crippen molar-refractivity contribution in [2.75, 3.05) is 7.05 Å². The lowest BCUT2D eigenvalue weighted by atomic mass is 9.97. The van der Waals surface area contributed by atoms with Gasteiger partial charge in [-0.25, -0.2) is 4.39 Å². The van der Waals surface area contributed by atoms with Crippen molar-refractivity contribution in [2.24, 2.45) is 7.05 Å². The second-order valence-electron chi connectivity index (χ2n) is 8.47. The van der Waals surface area contributed by atoms with Gasteiger partial charge in [-0.2, -0.15) is 0 Å². The summed E-state index contributed by atoms with van der Waals surface area (Å²) in [6, 6.07) is 16.0. The number of amides is 1. The molecule has 5 rings (SSSR count). The van der Waals surface area contributed by atoms with E-state index in [1.165, 1.54) is 18.9 Å². The van der Waals surface area contributed by atoms with Crippen LogP contribution in [0.25, 0.3) is 22.2 Å². The van der Waals surface area contributed by atoms with Gasteiger partial charge in [0.25, 0.3) is 5.91 Å². The van der Waals surface area contributed by atoms with Crippen molar-refractivity contribution in [1.29, 1.82) is 0 Å². The van der Waals surface area contributed by atoms with Gasteiger partial charge >= 0.3 is 0 Å².